The van der Waals surface area contributed by atoms with Crippen LogP contribution in [0.4, 0.5) is 4.39 Å². The van der Waals surface area contributed by atoms with Gasteiger partial charge in [-0.15, -0.1) is 0 Å². The Kier molecular flexibility index (Phi) is 4.52. The monoisotopic (exact) mass is 212 g/mol. The molecule has 4 heteroatoms. The van der Waals surface area contributed by atoms with E-state index < -0.39 is 11.6 Å². The molecule has 0 aliphatic rings. The average Bonchev–Trinajstić information content (AvgIpc) is 1.80. The molecule has 0 amide bonds. The van der Waals surface area contributed by atoms with Crippen LogP contribution in [0.2, 0.25) is 0 Å². The van der Waals surface area contributed by atoms with E-state index in [9.17, 15) is 9.50 Å². The summed E-state index contributed by atoms with van der Waals surface area (Å²) in [6, 6.07) is 3.83. The minimum Gasteiger partial charge on any atom is -0.870 e. The van der Waals surface area contributed by atoms with Crippen molar-refractivity contribution in [3.63, 3.8) is 0 Å². The summed E-state index contributed by atoms with van der Waals surface area (Å²) in [5.41, 5.74) is 0. The first kappa shape index (κ1) is 10.4. The Bertz CT molecular complexity index is 229. The van der Waals surface area contributed by atoms with Gasteiger partial charge in [0.15, 0.2) is 0 Å². The van der Waals surface area contributed by atoms with E-state index in [1.807, 2.05) is 0 Å². The topological polar surface area (TPSA) is 23.1 Å². The molecule has 0 aliphatic heterocycles. The summed E-state index contributed by atoms with van der Waals surface area (Å²) >= 11 is 3.02. The fourth-order valence-electron chi connectivity index (χ4n) is 0.475. The van der Waals surface area contributed by atoms with Gasteiger partial charge in [-0.25, -0.2) is 4.39 Å². The quantitative estimate of drug-likeness (QED) is 0.489. The third-order valence-electron chi connectivity index (χ3n) is 0.894. The van der Waals surface area contributed by atoms with Crippen molar-refractivity contribution in [1.82, 2.24) is 0 Å². The molecule has 1 aromatic carbocycles. The van der Waals surface area contributed by atoms with Crippen molar-refractivity contribution in [3.8, 4) is 5.75 Å². The van der Waals surface area contributed by atoms with Gasteiger partial charge < -0.3 is 5.11 Å². The first-order chi connectivity index (χ1) is 4.20. The average molecular weight is 213 g/mol. The molecule has 0 atom stereocenters. The maximum atomic E-state index is 12.2. The molecule has 0 spiro atoms. The van der Waals surface area contributed by atoms with E-state index >= 15 is 0 Å². The van der Waals surface area contributed by atoms with Gasteiger partial charge in [0.2, 0.25) is 0 Å². The van der Waals surface area contributed by atoms with Crippen molar-refractivity contribution < 1.29 is 39.1 Å². The minimum atomic E-state index is -0.718. The van der Waals surface area contributed by atoms with E-state index in [4.69, 9.17) is 0 Å². The normalized spacial score (nSPS) is 8.60. The summed E-state index contributed by atoms with van der Waals surface area (Å²) in [6.07, 6.45) is 0. The van der Waals surface area contributed by atoms with Crippen LogP contribution >= 0.6 is 15.9 Å². The molecular formula is C6H3BrFNaO. The number of rotatable bonds is 0. The Morgan fingerprint density at radius 1 is 1.40 bits per heavy atom. The van der Waals surface area contributed by atoms with E-state index in [-0.39, 0.29) is 29.6 Å². The van der Waals surface area contributed by atoms with E-state index in [1.165, 1.54) is 12.1 Å². The van der Waals surface area contributed by atoms with Crippen LogP contribution in [0, 0.1) is 5.82 Å². The molecule has 1 rings (SSSR count). The molecule has 0 unspecified atom stereocenters. The molecule has 0 aliphatic carbocycles. The Balaban J connectivity index is 0.000000810. The fraction of sp³-hybridized carbons (Fsp3) is 0. The molecule has 0 fully saturated rings. The van der Waals surface area contributed by atoms with Crippen LogP contribution in [0.5, 0.6) is 5.75 Å². The first-order valence-electron chi connectivity index (χ1n) is 2.32. The van der Waals surface area contributed by atoms with Gasteiger partial charge in [0.25, 0.3) is 0 Å². The first-order valence-corrected chi connectivity index (χ1v) is 3.11. The Morgan fingerprint density at radius 2 is 2.00 bits per heavy atom. The van der Waals surface area contributed by atoms with Crippen molar-refractivity contribution in [2.24, 2.45) is 0 Å². The minimum absolute atomic E-state index is 0. The van der Waals surface area contributed by atoms with Crippen LogP contribution in [0.3, 0.4) is 0 Å². The largest absolute Gasteiger partial charge is 1.00 e. The van der Waals surface area contributed by atoms with Crippen LogP contribution in [-0.4, -0.2) is 0 Å². The molecule has 0 heterocycles. The van der Waals surface area contributed by atoms with E-state index in [1.54, 1.807) is 0 Å². The Labute approximate surface area is 88.7 Å². The zero-order chi connectivity index (χ0) is 6.85. The molecule has 0 aromatic heterocycles. The molecular weight excluding hydrogens is 210 g/mol. The van der Waals surface area contributed by atoms with Gasteiger partial charge in [-0.2, -0.15) is 0 Å². The molecule has 1 aromatic rings. The predicted molar refractivity (Wildman–Crippen MR) is 33.5 cm³/mol. The predicted octanol–water partition coefficient (Wildman–Crippen LogP) is -1.33. The van der Waals surface area contributed by atoms with Crippen LogP contribution in [0.15, 0.2) is 22.7 Å². The van der Waals surface area contributed by atoms with Gasteiger partial charge in [0, 0.05) is 4.47 Å². The molecule has 1 nitrogen and oxygen atoms in total. The van der Waals surface area contributed by atoms with Crippen LogP contribution in [-0.2, 0) is 0 Å². The fourth-order valence-corrected chi connectivity index (χ4v) is 0.808. The third-order valence-corrected chi connectivity index (χ3v) is 1.39. The summed E-state index contributed by atoms with van der Waals surface area (Å²) in [6.45, 7) is 0. The smallest absolute Gasteiger partial charge is 0.870 e. The van der Waals surface area contributed by atoms with Crippen LogP contribution in [0.1, 0.15) is 0 Å². The summed E-state index contributed by atoms with van der Waals surface area (Å²) < 4.78 is 12.8. The van der Waals surface area contributed by atoms with Gasteiger partial charge in [-0.05, 0) is 12.1 Å². The molecule has 10 heavy (non-hydrogen) atoms. The maximum Gasteiger partial charge on any atom is 1.00 e. The number of hydrogen-bond acceptors (Lipinski definition) is 1. The molecule has 0 saturated carbocycles. The van der Waals surface area contributed by atoms with Gasteiger partial charge in [-0.3, -0.25) is 0 Å². The van der Waals surface area contributed by atoms with Gasteiger partial charge >= 0.3 is 29.6 Å². The standard InChI is InChI=1S/C6H4BrFO.Na/c7-4-1-2-6(9)5(8)3-4;/h1-3,9H;/q;+1/p-1. The second-order valence-electron chi connectivity index (χ2n) is 1.57. The zero-order valence-electron chi connectivity index (χ0n) is 5.40. The zero-order valence-corrected chi connectivity index (χ0v) is 8.98. The van der Waals surface area contributed by atoms with Crippen molar-refractivity contribution >= 4 is 15.9 Å². The molecule has 0 bridgehead atoms. The van der Waals surface area contributed by atoms with Gasteiger partial charge in [0.1, 0.15) is 5.82 Å². The third kappa shape index (κ3) is 2.58. The summed E-state index contributed by atoms with van der Waals surface area (Å²) in [5, 5.41) is 10.4. The second kappa shape index (κ2) is 4.34. The van der Waals surface area contributed by atoms with Gasteiger partial charge in [-0.1, -0.05) is 27.7 Å². The summed E-state index contributed by atoms with van der Waals surface area (Å²) in [5.74, 6) is -1.29. The maximum absolute atomic E-state index is 12.2. The van der Waals surface area contributed by atoms with E-state index in [0.29, 0.717) is 4.47 Å². The van der Waals surface area contributed by atoms with Crippen molar-refractivity contribution in [3.05, 3.63) is 28.5 Å². The molecule has 0 saturated heterocycles. The second-order valence-corrected chi connectivity index (χ2v) is 2.49. The van der Waals surface area contributed by atoms with E-state index in [2.05, 4.69) is 15.9 Å². The van der Waals surface area contributed by atoms with Crippen molar-refractivity contribution in [2.75, 3.05) is 0 Å². The van der Waals surface area contributed by atoms with Gasteiger partial charge in [0.05, 0.1) is 0 Å². The molecule has 0 N–H and O–H groups in total. The van der Waals surface area contributed by atoms with Crippen molar-refractivity contribution in [1.29, 1.82) is 0 Å². The van der Waals surface area contributed by atoms with Crippen molar-refractivity contribution in [2.45, 2.75) is 0 Å². The Morgan fingerprint density at radius 3 is 2.40 bits per heavy atom. The summed E-state index contributed by atoms with van der Waals surface area (Å²) in [4.78, 5) is 0. The van der Waals surface area contributed by atoms with Crippen LogP contribution in [0.25, 0.3) is 0 Å². The Hall–Kier alpha value is 0.430. The van der Waals surface area contributed by atoms with E-state index in [0.717, 1.165) is 6.07 Å². The number of hydrogen-bond donors (Lipinski definition) is 0. The molecule has 48 valence electrons. The SMILES string of the molecule is [Na+].[O-]c1ccc(Br)cc1F. The number of benzene rings is 1. The van der Waals surface area contributed by atoms with Crippen LogP contribution < -0.4 is 34.7 Å². The molecule has 0 radical (unpaired) electrons. The number of halogens is 2. The summed E-state index contributed by atoms with van der Waals surface area (Å²) in [7, 11) is 0.